The normalized spacial score (nSPS) is 12.7. The number of ether oxygens (including phenoxy) is 3. The van der Waals surface area contributed by atoms with Gasteiger partial charge < -0.3 is 14.2 Å². The van der Waals surface area contributed by atoms with Crippen LogP contribution in [-0.4, -0.2) is 30.1 Å². The fraction of sp³-hybridized carbons (Fsp3) is 0.292. The second-order valence-corrected chi connectivity index (χ2v) is 8.92. The predicted octanol–water partition coefficient (Wildman–Crippen LogP) is 5.62. The number of carbonyl (C=O) groups is 2. The SMILES string of the molecule is CC(=O)N(c1nc(COC(=O)c2cc(Cl)c3c(c2)OCCCO3)cs1)c1ccc(C)cc1C. The van der Waals surface area contributed by atoms with Crippen LogP contribution >= 0.6 is 22.9 Å². The molecule has 0 saturated heterocycles. The highest BCUT2D eigenvalue weighted by Crippen LogP contribution is 2.38. The number of fused-ring (bicyclic) bond motifs is 1. The summed E-state index contributed by atoms with van der Waals surface area (Å²) in [6.07, 6.45) is 0.732. The van der Waals surface area contributed by atoms with Gasteiger partial charge in [0.1, 0.15) is 6.61 Å². The van der Waals surface area contributed by atoms with Crippen molar-refractivity contribution in [3.63, 3.8) is 0 Å². The second kappa shape index (κ2) is 9.80. The van der Waals surface area contributed by atoms with Crippen molar-refractivity contribution in [2.24, 2.45) is 0 Å². The number of aryl methyl sites for hydroxylation is 2. The molecular weight excluding hydrogens is 464 g/mol. The molecule has 1 aliphatic rings. The molecule has 0 radical (unpaired) electrons. The molecular formula is C24H23ClN2O5S. The van der Waals surface area contributed by atoms with Gasteiger partial charge in [0, 0.05) is 18.7 Å². The van der Waals surface area contributed by atoms with Crippen LogP contribution in [0.5, 0.6) is 11.5 Å². The van der Waals surface area contributed by atoms with Gasteiger partial charge in [-0.1, -0.05) is 29.3 Å². The van der Waals surface area contributed by atoms with E-state index in [1.807, 2.05) is 32.0 Å². The third-order valence-corrected chi connectivity index (χ3v) is 6.18. The van der Waals surface area contributed by atoms with E-state index in [4.69, 9.17) is 25.8 Å². The molecule has 0 N–H and O–H groups in total. The summed E-state index contributed by atoms with van der Waals surface area (Å²) >= 11 is 7.58. The second-order valence-electron chi connectivity index (χ2n) is 7.68. The van der Waals surface area contributed by atoms with E-state index < -0.39 is 5.97 Å². The lowest BCUT2D eigenvalue weighted by atomic mass is 10.1. The molecule has 1 aliphatic heterocycles. The number of hydrogen-bond donors (Lipinski definition) is 0. The van der Waals surface area contributed by atoms with Gasteiger partial charge >= 0.3 is 5.97 Å². The highest BCUT2D eigenvalue weighted by atomic mass is 35.5. The van der Waals surface area contributed by atoms with Gasteiger partial charge in [0.15, 0.2) is 16.6 Å². The van der Waals surface area contributed by atoms with Crippen LogP contribution in [0.1, 0.15) is 40.5 Å². The number of halogens is 1. The summed E-state index contributed by atoms with van der Waals surface area (Å²) in [6.45, 7) is 6.39. The topological polar surface area (TPSA) is 78.0 Å². The van der Waals surface area contributed by atoms with E-state index in [0.717, 1.165) is 23.2 Å². The molecule has 0 fully saturated rings. The molecule has 3 aromatic rings. The third kappa shape index (κ3) is 5.12. The molecule has 0 aliphatic carbocycles. The van der Waals surface area contributed by atoms with Gasteiger partial charge in [-0.25, -0.2) is 9.78 Å². The lowest BCUT2D eigenvalue weighted by Gasteiger charge is -2.20. The highest BCUT2D eigenvalue weighted by Gasteiger charge is 2.22. The molecule has 4 rings (SSSR count). The zero-order valence-electron chi connectivity index (χ0n) is 18.5. The number of nitrogens with zero attached hydrogens (tertiary/aromatic N) is 2. The summed E-state index contributed by atoms with van der Waals surface area (Å²) < 4.78 is 16.7. The lowest BCUT2D eigenvalue weighted by Crippen LogP contribution is -2.23. The molecule has 172 valence electrons. The largest absolute Gasteiger partial charge is 0.489 e. The van der Waals surface area contributed by atoms with Gasteiger partial charge in [0.2, 0.25) is 5.91 Å². The number of anilines is 2. The van der Waals surface area contributed by atoms with Crippen LogP contribution in [0, 0.1) is 13.8 Å². The maximum atomic E-state index is 12.6. The number of benzene rings is 2. The molecule has 33 heavy (non-hydrogen) atoms. The first kappa shape index (κ1) is 23.1. The number of carbonyl (C=O) groups excluding carboxylic acids is 2. The maximum absolute atomic E-state index is 12.6. The van der Waals surface area contributed by atoms with E-state index in [0.29, 0.717) is 40.6 Å². The molecule has 0 bridgehead atoms. The van der Waals surface area contributed by atoms with E-state index in [-0.39, 0.29) is 18.1 Å². The monoisotopic (exact) mass is 486 g/mol. The Balaban J connectivity index is 1.48. The van der Waals surface area contributed by atoms with Gasteiger partial charge in [-0.3, -0.25) is 9.69 Å². The molecule has 0 saturated carbocycles. The molecule has 0 unspecified atom stereocenters. The zero-order chi connectivity index (χ0) is 23.5. The van der Waals surface area contributed by atoms with Crippen LogP contribution in [0.25, 0.3) is 0 Å². The van der Waals surface area contributed by atoms with Crippen molar-refractivity contribution >= 4 is 45.6 Å². The van der Waals surface area contributed by atoms with Crippen LogP contribution in [0.15, 0.2) is 35.7 Å². The number of amides is 1. The Hall–Kier alpha value is -3.10. The molecule has 0 spiro atoms. The minimum absolute atomic E-state index is 0.0416. The summed E-state index contributed by atoms with van der Waals surface area (Å²) in [7, 11) is 0. The van der Waals surface area contributed by atoms with Crippen molar-refractivity contribution in [3.05, 3.63) is 63.1 Å². The van der Waals surface area contributed by atoms with E-state index in [1.165, 1.54) is 24.3 Å². The van der Waals surface area contributed by atoms with Crippen molar-refractivity contribution in [2.45, 2.75) is 33.8 Å². The molecule has 2 aromatic carbocycles. The summed E-state index contributed by atoms with van der Waals surface area (Å²) in [5, 5.41) is 2.57. The number of hydrogen-bond acceptors (Lipinski definition) is 7. The van der Waals surface area contributed by atoms with Gasteiger partial charge in [-0.15, -0.1) is 11.3 Å². The van der Waals surface area contributed by atoms with Crippen molar-refractivity contribution in [1.82, 2.24) is 4.98 Å². The Morgan fingerprint density at radius 2 is 1.97 bits per heavy atom. The van der Waals surface area contributed by atoms with Gasteiger partial charge in [0.25, 0.3) is 0 Å². The van der Waals surface area contributed by atoms with Crippen LogP contribution in [-0.2, 0) is 16.1 Å². The van der Waals surface area contributed by atoms with Crippen LogP contribution in [0.3, 0.4) is 0 Å². The average molecular weight is 487 g/mol. The van der Waals surface area contributed by atoms with Gasteiger partial charge in [-0.05, 0) is 37.6 Å². The van der Waals surface area contributed by atoms with E-state index in [1.54, 1.807) is 16.3 Å². The Labute approximate surface area is 200 Å². The minimum atomic E-state index is -0.556. The minimum Gasteiger partial charge on any atom is -0.489 e. The van der Waals surface area contributed by atoms with E-state index in [9.17, 15) is 9.59 Å². The molecule has 9 heteroatoms. The summed E-state index contributed by atoms with van der Waals surface area (Å²) in [4.78, 5) is 31.1. The van der Waals surface area contributed by atoms with Crippen LogP contribution in [0.2, 0.25) is 5.02 Å². The Morgan fingerprint density at radius 1 is 1.18 bits per heavy atom. The van der Waals surface area contributed by atoms with Crippen LogP contribution < -0.4 is 14.4 Å². The van der Waals surface area contributed by atoms with Crippen molar-refractivity contribution < 1.29 is 23.8 Å². The Bertz CT molecular complexity index is 1210. The number of rotatable bonds is 5. The van der Waals surface area contributed by atoms with Crippen molar-refractivity contribution in [1.29, 1.82) is 0 Å². The Kier molecular flexibility index (Phi) is 6.85. The van der Waals surface area contributed by atoms with E-state index in [2.05, 4.69) is 4.98 Å². The molecule has 1 amide bonds. The van der Waals surface area contributed by atoms with E-state index >= 15 is 0 Å². The zero-order valence-corrected chi connectivity index (χ0v) is 20.1. The summed E-state index contributed by atoms with van der Waals surface area (Å²) in [5.41, 5.74) is 3.66. The standard InChI is InChI=1S/C24H23ClN2O5S/c1-14-5-6-20(15(2)9-14)27(16(3)28)24-26-18(13-33-24)12-32-23(29)17-10-19(25)22-21(11-17)30-7-4-8-31-22/h5-6,9-11,13H,4,7-8,12H2,1-3H3. The van der Waals surface area contributed by atoms with Gasteiger partial charge in [0.05, 0.1) is 35.2 Å². The quantitative estimate of drug-likeness (QED) is 0.436. The van der Waals surface area contributed by atoms with Crippen molar-refractivity contribution in [3.8, 4) is 11.5 Å². The van der Waals surface area contributed by atoms with Crippen molar-refractivity contribution in [2.75, 3.05) is 18.1 Å². The highest BCUT2D eigenvalue weighted by molar-refractivity contribution is 7.14. The first-order valence-electron chi connectivity index (χ1n) is 10.4. The summed E-state index contributed by atoms with van der Waals surface area (Å²) in [5.74, 6) is 0.153. The Morgan fingerprint density at radius 3 is 2.73 bits per heavy atom. The number of esters is 1. The average Bonchev–Trinajstić information content (AvgIpc) is 3.09. The molecule has 2 heterocycles. The molecule has 7 nitrogen and oxygen atoms in total. The summed E-state index contributed by atoms with van der Waals surface area (Å²) in [6, 6.07) is 8.94. The number of aromatic nitrogens is 1. The number of thiazole rings is 1. The first-order valence-corrected chi connectivity index (χ1v) is 11.7. The fourth-order valence-corrected chi connectivity index (χ4v) is 4.63. The fourth-order valence-electron chi connectivity index (χ4n) is 3.50. The maximum Gasteiger partial charge on any atom is 0.338 e. The van der Waals surface area contributed by atoms with Crippen LogP contribution in [0.4, 0.5) is 10.8 Å². The smallest absolute Gasteiger partial charge is 0.338 e. The first-order chi connectivity index (χ1) is 15.8. The third-order valence-electron chi connectivity index (χ3n) is 5.03. The molecule has 1 aromatic heterocycles. The molecule has 0 atom stereocenters. The predicted molar refractivity (Wildman–Crippen MR) is 127 cm³/mol. The van der Waals surface area contributed by atoms with Gasteiger partial charge in [-0.2, -0.15) is 0 Å². The lowest BCUT2D eigenvalue weighted by molar-refractivity contribution is -0.115.